The molecular formula is C45H61ClO14. The highest BCUT2D eigenvalue weighted by atomic mass is 35.5. The van der Waals surface area contributed by atoms with Crippen molar-refractivity contribution in [2.45, 2.75) is 163 Å². The Kier molecular flexibility index (Phi) is 12.4. The number of carbonyl (C=O) groups excluding carboxylic acids is 7. The maximum atomic E-state index is 15.5. The molecule has 14 nitrogen and oxygen atoms in total. The first kappa shape index (κ1) is 47.2. The molecule has 12 atom stereocenters. The van der Waals surface area contributed by atoms with Crippen molar-refractivity contribution in [3.8, 4) is 0 Å². The van der Waals surface area contributed by atoms with Crippen LogP contribution in [0.2, 0.25) is 5.02 Å². The number of ether oxygens (including phenoxy) is 5. The molecule has 4 fully saturated rings. The molecule has 2 N–H and O–H groups in total. The van der Waals surface area contributed by atoms with Gasteiger partial charge >= 0.3 is 29.8 Å². The Morgan fingerprint density at radius 1 is 0.817 bits per heavy atom. The lowest BCUT2D eigenvalue weighted by atomic mass is 9.34. The number of benzene rings is 1. The molecule has 0 bridgehead atoms. The summed E-state index contributed by atoms with van der Waals surface area (Å²) in [6.07, 6.45) is -5.53. The topological polar surface area (TPSA) is 206 Å². The van der Waals surface area contributed by atoms with E-state index >= 15 is 4.79 Å². The third-order valence-electron chi connectivity index (χ3n) is 15.1. The molecular weight excluding hydrogens is 800 g/mol. The second-order valence-corrected chi connectivity index (χ2v) is 20.1. The van der Waals surface area contributed by atoms with E-state index in [0.29, 0.717) is 0 Å². The van der Waals surface area contributed by atoms with Crippen LogP contribution in [0.15, 0.2) is 24.3 Å². The minimum Gasteiger partial charge on any atom is -0.462 e. The van der Waals surface area contributed by atoms with Crippen molar-refractivity contribution in [3.63, 3.8) is 0 Å². The number of Topliss-reactive ketones (excluding diaryl/α,β-unsaturated/α-hetero) is 2. The van der Waals surface area contributed by atoms with E-state index < -0.39 is 116 Å². The van der Waals surface area contributed by atoms with E-state index in [0.717, 1.165) is 0 Å². The molecule has 5 rings (SSSR count). The molecule has 1 aromatic carbocycles. The smallest absolute Gasteiger partial charge is 0.338 e. The van der Waals surface area contributed by atoms with Gasteiger partial charge in [-0.15, -0.1) is 0 Å². The van der Waals surface area contributed by atoms with Crippen LogP contribution in [0, 0.1) is 39.4 Å². The summed E-state index contributed by atoms with van der Waals surface area (Å²) in [5.74, 6) is -7.30. The van der Waals surface area contributed by atoms with Crippen LogP contribution in [0.25, 0.3) is 0 Å². The number of aliphatic hydroxyl groups is 2. The van der Waals surface area contributed by atoms with E-state index in [1.807, 2.05) is 6.92 Å². The number of rotatable bonds is 11. The minimum absolute atomic E-state index is 0.0672. The molecule has 15 heteroatoms. The molecule has 4 aliphatic rings. The van der Waals surface area contributed by atoms with Gasteiger partial charge in [0, 0.05) is 68.2 Å². The summed E-state index contributed by atoms with van der Waals surface area (Å²) < 4.78 is 29.7. The molecule has 0 amide bonds. The number of hydrogen-bond acceptors (Lipinski definition) is 14. The Hall–Kier alpha value is -3.88. The number of carbonyl (C=O) groups is 7. The Labute approximate surface area is 356 Å². The summed E-state index contributed by atoms with van der Waals surface area (Å²) in [5, 5.41) is 25.6. The lowest BCUT2D eigenvalue weighted by Crippen LogP contribution is -2.79. The van der Waals surface area contributed by atoms with Crippen LogP contribution in [0.4, 0.5) is 0 Å². The van der Waals surface area contributed by atoms with Crippen molar-refractivity contribution in [2.75, 3.05) is 0 Å². The van der Waals surface area contributed by atoms with E-state index in [2.05, 4.69) is 0 Å². The molecule has 0 heterocycles. The monoisotopic (exact) mass is 860 g/mol. The lowest BCUT2D eigenvalue weighted by molar-refractivity contribution is -0.314. The Balaban J connectivity index is 1.69. The van der Waals surface area contributed by atoms with Crippen molar-refractivity contribution in [3.05, 3.63) is 34.9 Å². The Morgan fingerprint density at radius 2 is 1.40 bits per heavy atom. The fraction of sp³-hybridized carbons (Fsp3) is 0.711. The summed E-state index contributed by atoms with van der Waals surface area (Å²) in [6, 6.07) is 6.05. The SMILES string of the molecule is CC(=O)O[C@H]1C[C@H]2[C@]3(C)C(=O)C[C@]4(C)[C@@H]([C@@](C)(O)C(=O)CCC(C)(C)OC(C)=O)[C@H](OC(C)=O)C[C@@]4(C)[C@@H]3C[C@@H](O)[C@@]2(OC(=O)c2cccc(Cl)c2)C(C)(C)[C@@H]1OC(C)=O. The number of fused-ring (bicyclic) bond motifs is 5. The molecule has 4 saturated carbocycles. The fourth-order valence-electron chi connectivity index (χ4n) is 12.5. The molecule has 332 valence electrons. The van der Waals surface area contributed by atoms with Crippen LogP contribution in [0.5, 0.6) is 0 Å². The van der Waals surface area contributed by atoms with Gasteiger partial charge in [0.25, 0.3) is 0 Å². The molecule has 0 aliphatic heterocycles. The van der Waals surface area contributed by atoms with Gasteiger partial charge in [0.1, 0.15) is 35.3 Å². The zero-order chi connectivity index (χ0) is 45.3. The third kappa shape index (κ3) is 7.56. The number of esters is 5. The third-order valence-corrected chi connectivity index (χ3v) is 15.4. The zero-order valence-corrected chi connectivity index (χ0v) is 37.5. The van der Waals surface area contributed by atoms with Crippen LogP contribution < -0.4 is 0 Å². The summed E-state index contributed by atoms with van der Waals surface area (Å²) in [7, 11) is 0. The van der Waals surface area contributed by atoms with Gasteiger partial charge in [0.2, 0.25) is 0 Å². The van der Waals surface area contributed by atoms with Crippen molar-refractivity contribution in [1.82, 2.24) is 0 Å². The van der Waals surface area contributed by atoms with E-state index in [4.69, 9.17) is 35.3 Å². The second kappa shape index (κ2) is 15.8. The minimum atomic E-state index is -2.15. The van der Waals surface area contributed by atoms with E-state index in [1.165, 1.54) is 46.8 Å². The summed E-state index contributed by atoms with van der Waals surface area (Å²) in [6.45, 7) is 18.3. The molecule has 1 aromatic rings. The predicted octanol–water partition coefficient (Wildman–Crippen LogP) is 5.91. The Bertz CT molecular complexity index is 1960. The summed E-state index contributed by atoms with van der Waals surface area (Å²) in [4.78, 5) is 93.9. The van der Waals surface area contributed by atoms with Gasteiger partial charge in [0.15, 0.2) is 11.4 Å². The van der Waals surface area contributed by atoms with Crippen LogP contribution in [-0.2, 0) is 52.5 Å². The van der Waals surface area contributed by atoms with Crippen molar-refractivity contribution in [2.24, 2.45) is 39.4 Å². The number of ketones is 2. The highest BCUT2D eigenvalue weighted by molar-refractivity contribution is 6.30. The molecule has 0 aromatic heterocycles. The fourth-order valence-corrected chi connectivity index (χ4v) is 12.7. The average molecular weight is 861 g/mol. The number of aliphatic hydroxyl groups excluding tert-OH is 1. The maximum Gasteiger partial charge on any atom is 0.338 e. The summed E-state index contributed by atoms with van der Waals surface area (Å²) >= 11 is 6.28. The maximum absolute atomic E-state index is 15.5. The quantitative estimate of drug-likeness (QED) is 0.196. The molecule has 0 saturated heterocycles. The molecule has 0 radical (unpaired) electrons. The van der Waals surface area contributed by atoms with E-state index in [-0.39, 0.29) is 54.9 Å². The lowest BCUT2D eigenvalue weighted by Gasteiger charge is -2.71. The highest BCUT2D eigenvalue weighted by Gasteiger charge is 2.81. The highest BCUT2D eigenvalue weighted by Crippen LogP contribution is 2.76. The van der Waals surface area contributed by atoms with Crippen LogP contribution >= 0.6 is 11.6 Å². The van der Waals surface area contributed by atoms with Gasteiger partial charge in [-0.2, -0.15) is 0 Å². The van der Waals surface area contributed by atoms with Crippen LogP contribution in [0.1, 0.15) is 132 Å². The molecule has 0 spiro atoms. The standard InChI is InChI=1S/C45H61ClO14/c1-23(47)56-29-19-32-43(11)31(20-34(52)45(32,40(7,8)37(29)58-25(3)49)60-38(54)27-14-13-15-28(46)18-27)41(9)21-30(57-24(2)48)36(42(41,10)22-35(43)53)44(12,55)33(51)16-17-39(5,6)59-26(4)50/h13-15,18,29-32,34,36-37,52,55H,16-17,19-22H2,1-12H3/t29-,30+,31-,32-,34+,36-,37+,41-,42+,43+,44-,45+/m0/s1. The van der Waals surface area contributed by atoms with E-state index in [9.17, 15) is 39.0 Å². The van der Waals surface area contributed by atoms with Gasteiger partial charge in [-0.05, 0) is 81.4 Å². The zero-order valence-electron chi connectivity index (χ0n) is 36.8. The van der Waals surface area contributed by atoms with Crippen molar-refractivity contribution < 1.29 is 67.5 Å². The molecule has 60 heavy (non-hydrogen) atoms. The van der Waals surface area contributed by atoms with Crippen molar-refractivity contribution in [1.29, 1.82) is 0 Å². The van der Waals surface area contributed by atoms with Gasteiger partial charge in [0.05, 0.1) is 11.7 Å². The van der Waals surface area contributed by atoms with Gasteiger partial charge in [-0.1, -0.05) is 52.3 Å². The first-order valence-electron chi connectivity index (χ1n) is 20.6. The van der Waals surface area contributed by atoms with Gasteiger partial charge in [-0.3, -0.25) is 28.8 Å². The molecule has 0 unspecified atom stereocenters. The first-order chi connectivity index (χ1) is 27.4. The first-order valence-corrected chi connectivity index (χ1v) is 21.0. The number of hydrogen-bond donors (Lipinski definition) is 2. The largest absolute Gasteiger partial charge is 0.462 e. The van der Waals surface area contributed by atoms with Gasteiger partial charge < -0.3 is 33.9 Å². The average Bonchev–Trinajstić information content (AvgIpc) is 3.32. The van der Waals surface area contributed by atoms with Crippen LogP contribution in [-0.4, -0.2) is 92.8 Å². The normalized spacial score (nSPS) is 36.6. The predicted molar refractivity (Wildman–Crippen MR) is 215 cm³/mol. The van der Waals surface area contributed by atoms with E-state index in [1.54, 1.807) is 53.7 Å². The van der Waals surface area contributed by atoms with Crippen molar-refractivity contribution >= 4 is 53.0 Å². The van der Waals surface area contributed by atoms with Gasteiger partial charge in [-0.25, -0.2) is 4.79 Å². The number of halogens is 1. The Morgan fingerprint density at radius 3 is 1.95 bits per heavy atom. The molecule has 4 aliphatic carbocycles. The summed E-state index contributed by atoms with van der Waals surface area (Å²) in [5.41, 5.74) is -10.3. The van der Waals surface area contributed by atoms with Crippen LogP contribution in [0.3, 0.4) is 0 Å². The second-order valence-electron chi connectivity index (χ2n) is 19.7.